The van der Waals surface area contributed by atoms with Gasteiger partial charge in [-0.05, 0) is 6.42 Å². The monoisotopic (exact) mass is 254 g/mol. The molecule has 2 amide bonds. The number of hydrogen-bond acceptors (Lipinski definition) is 4. The minimum absolute atomic E-state index is 0.155. The molecule has 0 radical (unpaired) electrons. The Balaban J connectivity index is 1.86. The van der Waals surface area contributed by atoms with Crippen molar-refractivity contribution in [2.45, 2.75) is 32.7 Å². The highest BCUT2D eigenvalue weighted by atomic mass is 32.1. The lowest BCUT2D eigenvalue weighted by Crippen LogP contribution is -2.29. The fraction of sp³-hybridized carbons (Fsp3) is 0.636. The maximum Gasteiger partial charge on any atom is 0.321 e. The summed E-state index contributed by atoms with van der Waals surface area (Å²) >= 11 is 1.56. The van der Waals surface area contributed by atoms with Gasteiger partial charge in [0.2, 0.25) is 0 Å². The lowest BCUT2D eigenvalue weighted by molar-refractivity contribution is 0.252. The molecule has 0 atom stereocenters. The summed E-state index contributed by atoms with van der Waals surface area (Å²) in [6.07, 6.45) is 3.04. The topological polar surface area (TPSA) is 66.0 Å². The minimum atomic E-state index is -0.155. The minimum Gasteiger partial charge on any atom is -0.338 e. The van der Waals surface area contributed by atoms with Gasteiger partial charge in [-0.3, -0.25) is 5.32 Å². The van der Waals surface area contributed by atoms with Gasteiger partial charge in [0, 0.05) is 30.9 Å². The molecule has 0 fully saturated rings. The van der Waals surface area contributed by atoms with Crippen LogP contribution in [-0.4, -0.2) is 24.1 Å². The van der Waals surface area contributed by atoms with Crippen LogP contribution in [0.3, 0.4) is 0 Å². The molecule has 94 valence electrons. The Bertz CT molecular complexity index is 367. The third-order valence-electron chi connectivity index (χ3n) is 2.64. The number of anilines is 1. The van der Waals surface area contributed by atoms with Crippen LogP contribution >= 0.6 is 11.3 Å². The van der Waals surface area contributed by atoms with Gasteiger partial charge in [-0.2, -0.15) is 0 Å². The fourth-order valence-electron chi connectivity index (χ4n) is 1.70. The number of carbonyl (C=O) groups excluding carboxylic acids is 1. The molecule has 0 saturated heterocycles. The van der Waals surface area contributed by atoms with Crippen LogP contribution in [0, 0.1) is 0 Å². The fourth-order valence-corrected chi connectivity index (χ4v) is 2.67. The molecule has 17 heavy (non-hydrogen) atoms. The van der Waals surface area contributed by atoms with E-state index in [1.165, 1.54) is 4.88 Å². The first-order valence-corrected chi connectivity index (χ1v) is 6.85. The first-order chi connectivity index (χ1) is 8.29. The van der Waals surface area contributed by atoms with Gasteiger partial charge in [-0.15, -0.1) is 11.3 Å². The van der Waals surface area contributed by atoms with Gasteiger partial charge < -0.3 is 10.6 Å². The van der Waals surface area contributed by atoms with Crippen molar-refractivity contribution in [2.75, 3.05) is 18.4 Å². The van der Waals surface area contributed by atoms with E-state index in [1.54, 1.807) is 11.3 Å². The van der Waals surface area contributed by atoms with Gasteiger partial charge in [0.1, 0.15) is 0 Å². The number of unbranched alkanes of at least 4 members (excludes halogenated alkanes) is 1. The number of amides is 2. The molecule has 0 bridgehead atoms. The van der Waals surface area contributed by atoms with Gasteiger partial charge >= 0.3 is 6.03 Å². The quantitative estimate of drug-likeness (QED) is 0.717. The summed E-state index contributed by atoms with van der Waals surface area (Å²) in [5, 5.41) is 9.59. The molecule has 0 spiro atoms. The predicted octanol–water partition coefficient (Wildman–Crippen LogP) is 1.71. The Morgan fingerprint density at radius 2 is 2.47 bits per heavy atom. The number of rotatable bonds is 4. The third kappa shape index (κ3) is 3.41. The standard InChI is InChI=1S/C11H18N4OS/c1-2-3-5-13-10(16)15-11-14-8-4-6-12-7-9(8)17-11/h12H,2-7H2,1H3,(H2,13,14,15,16). The van der Waals surface area contributed by atoms with Crippen molar-refractivity contribution in [3.8, 4) is 0 Å². The summed E-state index contributed by atoms with van der Waals surface area (Å²) in [4.78, 5) is 17.2. The lowest BCUT2D eigenvalue weighted by atomic mass is 10.2. The summed E-state index contributed by atoms with van der Waals surface area (Å²) in [7, 11) is 0. The van der Waals surface area contributed by atoms with E-state index >= 15 is 0 Å². The van der Waals surface area contributed by atoms with Crippen LogP contribution < -0.4 is 16.0 Å². The van der Waals surface area contributed by atoms with Crippen molar-refractivity contribution in [1.29, 1.82) is 0 Å². The van der Waals surface area contributed by atoms with Crippen molar-refractivity contribution < 1.29 is 4.79 Å². The smallest absolute Gasteiger partial charge is 0.321 e. The summed E-state index contributed by atoms with van der Waals surface area (Å²) < 4.78 is 0. The maximum absolute atomic E-state index is 11.5. The molecule has 0 aliphatic carbocycles. The molecule has 1 aliphatic rings. The molecule has 2 rings (SSSR count). The van der Waals surface area contributed by atoms with Crippen molar-refractivity contribution in [3.63, 3.8) is 0 Å². The zero-order valence-corrected chi connectivity index (χ0v) is 10.8. The number of carbonyl (C=O) groups is 1. The zero-order chi connectivity index (χ0) is 12.1. The molecule has 0 unspecified atom stereocenters. The van der Waals surface area contributed by atoms with Crippen LogP contribution in [0.2, 0.25) is 0 Å². The normalized spacial score (nSPS) is 14.2. The summed E-state index contributed by atoms with van der Waals surface area (Å²) in [6, 6.07) is -0.155. The van der Waals surface area contributed by atoms with Crippen LogP contribution in [-0.2, 0) is 13.0 Å². The summed E-state index contributed by atoms with van der Waals surface area (Å²) in [5.41, 5.74) is 1.12. The van der Waals surface area contributed by atoms with Crippen molar-refractivity contribution >= 4 is 22.5 Å². The molecule has 3 N–H and O–H groups in total. The van der Waals surface area contributed by atoms with Gasteiger partial charge in [-0.25, -0.2) is 9.78 Å². The second-order valence-electron chi connectivity index (χ2n) is 4.05. The van der Waals surface area contributed by atoms with E-state index in [-0.39, 0.29) is 6.03 Å². The second-order valence-corrected chi connectivity index (χ2v) is 5.13. The highest BCUT2D eigenvalue weighted by molar-refractivity contribution is 7.15. The number of hydrogen-bond donors (Lipinski definition) is 3. The van der Waals surface area contributed by atoms with E-state index in [9.17, 15) is 4.79 Å². The average Bonchev–Trinajstić information content (AvgIpc) is 2.71. The molecule has 0 aromatic carbocycles. The van der Waals surface area contributed by atoms with Gasteiger partial charge in [0.15, 0.2) is 5.13 Å². The molecular weight excluding hydrogens is 236 g/mol. The molecule has 1 aromatic heterocycles. The first-order valence-electron chi connectivity index (χ1n) is 6.03. The molecule has 6 heteroatoms. The summed E-state index contributed by atoms with van der Waals surface area (Å²) in [6.45, 7) is 4.65. The third-order valence-corrected chi connectivity index (χ3v) is 3.65. The van der Waals surface area contributed by atoms with E-state index in [0.717, 1.165) is 44.6 Å². The highest BCUT2D eigenvalue weighted by Crippen LogP contribution is 2.25. The molecule has 1 aliphatic heterocycles. The number of aromatic nitrogens is 1. The average molecular weight is 254 g/mol. The van der Waals surface area contributed by atoms with Crippen molar-refractivity contribution in [1.82, 2.24) is 15.6 Å². The Morgan fingerprint density at radius 3 is 3.24 bits per heavy atom. The van der Waals surface area contributed by atoms with Gasteiger partial charge in [0.25, 0.3) is 0 Å². The molecule has 0 saturated carbocycles. The predicted molar refractivity (Wildman–Crippen MR) is 69.5 cm³/mol. The van der Waals surface area contributed by atoms with Gasteiger partial charge in [-0.1, -0.05) is 13.3 Å². The molecule has 5 nitrogen and oxygen atoms in total. The largest absolute Gasteiger partial charge is 0.338 e. The first kappa shape index (κ1) is 12.3. The second kappa shape index (κ2) is 5.97. The molecular formula is C11H18N4OS. The highest BCUT2D eigenvalue weighted by Gasteiger charge is 2.15. The summed E-state index contributed by atoms with van der Waals surface area (Å²) in [5.74, 6) is 0. The van der Waals surface area contributed by atoms with Crippen LogP contribution in [0.5, 0.6) is 0 Å². The Morgan fingerprint density at radius 1 is 1.59 bits per heavy atom. The van der Waals surface area contributed by atoms with E-state index in [0.29, 0.717) is 5.13 Å². The number of nitrogens with zero attached hydrogens (tertiary/aromatic N) is 1. The lowest BCUT2D eigenvalue weighted by Gasteiger charge is -2.09. The Kier molecular flexibility index (Phi) is 4.33. The van der Waals surface area contributed by atoms with Crippen LogP contribution in [0.4, 0.5) is 9.93 Å². The van der Waals surface area contributed by atoms with Crippen LogP contribution in [0.1, 0.15) is 30.3 Å². The number of thiazole rings is 1. The van der Waals surface area contributed by atoms with E-state index in [2.05, 4.69) is 27.9 Å². The number of urea groups is 1. The SMILES string of the molecule is CCCCNC(=O)Nc1nc2c(s1)CNCC2. The number of nitrogens with one attached hydrogen (secondary N) is 3. The van der Waals surface area contributed by atoms with Crippen molar-refractivity contribution in [2.24, 2.45) is 0 Å². The molecule has 1 aromatic rings. The van der Waals surface area contributed by atoms with E-state index < -0.39 is 0 Å². The van der Waals surface area contributed by atoms with Crippen LogP contribution in [0.25, 0.3) is 0 Å². The Hall–Kier alpha value is -1.14. The van der Waals surface area contributed by atoms with E-state index in [4.69, 9.17) is 0 Å². The van der Waals surface area contributed by atoms with Crippen LogP contribution in [0.15, 0.2) is 0 Å². The van der Waals surface area contributed by atoms with Crippen molar-refractivity contribution in [3.05, 3.63) is 10.6 Å². The van der Waals surface area contributed by atoms with Gasteiger partial charge in [0.05, 0.1) is 5.69 Å². The Labute approximate surface area is 105 Å². The van der Waals surface area contributed by atoms with E-state index in [1.807, 2.05) is 0 Å². The molecule has 2 heterocycles. The number of fused-ring (bicyclic) bond motifs is 1. The maximum atomic E-state index is 11.5. The zero-order valence-electron chi connectivity index (χ0n) is 10.0.